The van der Waals surface area contributed by atoms with Gasteiger partial charge in [0.2, 0.25) is 0 Å². The summed E-state index contributed by atoms with van der Waals surface area (Å²) in [6, 6.07) is 0. The molecule has 0 aromatic rings. The third kappa shape index (κ3) is 12.6. The van der Waals surface area contributed by atoms with Crippen molar-refractivity contribution in [2.75, 3.05) is 0 Å². The van der Waals surface area contributed by atoms with E-state index in [0.717, 1.165) is 77.0 Å². The molecule has 174 valence electrons. The zero-order chi connectivity index (χ0) is 22.8. The van der Waals surface area contributed by atoms with Gasteiger partial charge in [-0.15, -0.1) is 18.9 Å². The van der Waals surface area contributed by atoms with E-state index in [1.165, 1.54) is 0 Å². The van der Waals surface area contributed by atoms with Gasteiger partial charge in [-0.1, -0.05) is 91.4 Å². The van der Waals surface area contributed by atoms with Crippen molar-refractivity contribution in [1.82, 2.24) is 0 Å². The number of hydrogen-bond acceptors (Lipinski definition) is 0. The van der Waals surface area contributed by atoms with E-state index in [0.29, 0.717) is 23.7 Å². The number of hydrogen-bond donors (Lipinski definition) is 0. The van der Waals surface area contributed by atoms with Crippen LogP contribution in [0.2, 0.25) is 0 Å². The van der Waals surface area contributed by atoms with Crippen molar-refractivity contribution in [2.45, 2.75) is 118 Å². The van der Waals surface area contributed by atoms with Crippen LogP contribution in [0.25, 0.3) is 0 Å². The Labute approximate surface area is 189 Å². The Morgan fingerprint density at radius 3 is 2.23 bits per heavy atom. The second kappa shape index (κ2) is 18.7. The minimum absolute atomic E-state index is 0.265. The Morgan fingerprint density at radius 1 is 0.933 bits per heavy atom. The Kier molecular flexibility index (Phi) is 18.1. The minimum Gasteiger partial charge on any atom is -0.247 e. The highest BCUT2D eigenvalue weighted by molar-refractivity contribution is 5.05. The van der Waals surface area contributed by atoms with Crippen LogP contribution in [0.15, 0.2) is 24.8 Å². The van der Waals surface area contributed by atoms with Crippen molar-refractivity contribution in [2.24, 2.45) is 29.6 Å². The van der Waals surface area contributed by atoms with Gasteiger partial charge in [-0.25, -0.2) is 4.39 Å². The smallest absolute Gasteiger partial charge is 0.100 e. The van der Waals surface area contributed by atoms with Crippen molar-refractivity contribution < 1.29 is 4.39 Å². The molecule has 6 atom stereocenters. The van der Waals surface area contributed by atoms with Gasteiger partial charge in [-0.05, 0) is 62.2 Å². The van der Waals surface area contributed by atoms with Crippen LogP contribution in [-0.4, -0.2) is 6.17 Å². The Bertz CT molecular complexity index is 471. The number of halogens is 1. The lowest BCUT2D eigenvalue weighted by Gasteiger charge is -2.32. The molecule has 0 aliphatic heterocycles. The first-order valence-electron chi connectivity index (χ1n) is 12.8. The Morgan fingerprint density at radius 2 is 1.67 bits per heavy atom. The molecule has 30 heavy (non-hydrogen) atoms. The molecule has 0 spiro atoms. The van der Waals surface area contributed by atoms with E-state index < -0.39 is 6.17 Å². The molecule has 0 saturated heterocycles. The van der Waals surface area contributed by atoms with Crippen molar-refractivity contribution >= 4 is 0 Å². The SMILES string of the molecule is C#CC(C(C)CC)C(/C=C\CCCC=C)CC(C)C(CCC)CC(F)CCCCC. The molecule has 0 fully saturated rings. The van der Waals surface area contributed by atoms with Gasteiger partial charge in [0.15, 0.2) is 0 Å². The van der Waals surface area contributed by atoms with Gasteiger partial charge in [0, 0.05) is 5.92 Å². The maximum atomic E-state index is 14.7. The average Bonchev–Trinajstić information content (AvgIpc) is 2.73. The lowest BCUT2D eigenvalue weighted by Crippen LogP contribution is -2.25. The molecule has 0 aliphatic carbocycles. The normalized spacial score (nSPS) is 17.8. The molecular formula is C29H51F. The quantitative estimate of drug-likeness (QED) is 0.111. The Hall–Kier alpha value is -1.03. The predicted octanol–water partition coefficient (Wildman–Crippen LogP) is 9.56. The van der Waals surface area contributed by atoms with Crippen molar-refractivity contribution in [1.29, 1.82) is 0 Å². The van der Waals surface area contributed by atoms with Gasteiger partial charge in [0.1, 0.15) is 6.17 Å². The van der Waals surface area contributed by atoms with Gasteiger partial charge >= 0.3 is 0 Å². The van der Waals surface area contributed by atoms with Crippen LogP contribution in [0.1, 0.15) is 112 Å². The fourth-order valence-corrected chi connectivity index (χ4v) is 4.65. The van der Waals surface area contributed by atoms with E-state index in [1.54, 1.807) is 0 Å². The molecule has 0 amide bonds. The van der Waals surface area contributed by atoms with Gasteiger partial charge in [0.05, 0.1) is 0 Å². The molecule has 6 unspecified atom stereocenters. The molecule has 0 aromatic carbocycles. The molecule has 0 aromatic heterocycles. The molecule has 0 saturated carbocycles. The third-order valence-corrected chi connectivity index (χ3v) is 6.86. The van der Waals surface area contributed by atoms with Crippen LogP contribution in [0.4, 0.5) is 4.39 Å². The van der Waals surface area contributed by atoms with Gasteiger partial charge in [0.25, 0.3) is 0 Å². The zero-order valence-electron chi connectivity index (χ0n) is 20.8. The number of terminal acetylenes is 1. The fraction of sp³-hybridized carbons (Fsp3) is 0.793. The number of alkyl halides is 1. The largest absolute Gasteiger partial charge is 0.247 e. The molecule has 0 rings (SSSR count). The molecule has 0 radical (unpaired) electrons. The number of rotatable bonds is 19. The molecule has 1 heteroatoms. The summed E-state index contributed by atoms with van der Waals surface area (Å²) in [5.74, 6) is 5.24. The fourth-order valence-electron chi connectivity index (χ4n) is 4.65. The summed E-state index contributed by atoms with van der Waals surface area (Å²) in [6.45, 7) is 15.1. The summed E-state index contributed by atoms with van der Waals surface area (Å²) in [5.41, 5.74) is 0. The maximum Gasteiger partial charge on any atom is 0.100 e. The molecule has 0 heterocycles. The zero-order valence-corrected chi connectivity index (χ0v) is 20.8. The first-order valence-corrected chi connectivity index (χ1v) is 12.8. The highest BCUT2D eigenvalue weighted by atomic mass is 19.1. The van der Waals surface area contributed by atoms with Crippen LogP contribution in [0.5, 0.6) is 0 Å². The lowest BCUT2D eigenvalue weighted by atomic mass is 9.73. The van der Waals surface area contributed by atoms with E-state index in [2.05, 4.69) is 59.3 Å². The first kappa shape index (κ1) is 29.0. The maximum absolute atomic E-state index is 14.7. The van der Waals surface area contributed by atoms with Gasteiger partial charge in [-0.3, -0.25) is 0 Å². The summed E-state index contributed by atoms with van der Waals surface area (Å²) < 4.78 is 14.7. The summed E-state index contributed by atoms with van der Waals surface area (Å²) >= 11 is 0. The first-order chi connectivity index (χ1) is 14.4. The standard InChI is InChI=1S/C29H51F/c1-8-13-15-16-18-20-27(29(12-5)24(6)11-4)22-25(7)26(19-10-3)23-28(30)21-17-14-9-2/h5,8,18,20,24-29H,1,9-11,13-17,19,21-23H2,2-4,6-7H3/b20-18-. The highest BCUT2D eigenvalue weighted by Gasteiger charge is 2.28. The van der Waals surface area contributed by atoms with E-state index in [1.807, 2.05) is 6.08 Å². The number of unbranched alkanes of at least 4 members (excludes halogenated alkanes) is 4. The van der Waals surface area contributed by atoms with E-state index >= 15 is 0 Å². The minimum atomic E-state index is -0.651. The summed E-state index contributed by atoms with van der Waals surface area (Å²) in [7, 11) is 0. The monoisotopic (exact) mass is 418 g/mol. The predicted molar refractivity (Wildman–Crippen MR) is 134 cm³/mol. The molecule has 0 aliphatic rings. The second-order valence-electron chi connectivity index (χ2n) is 9.48. The van der Waals surface area contributed by atoms with Crippen LogP contribution in [-0.2, 0) is 0 Å². The topological polar surface area (TPSA) is 0 Å². The third-order valence-electron chi connectivity index (χ3n) is 6.86. The van der Waals surface area contributed by atoms with Gasteiger partial charge < -0.3 is 0 Å². The van der Waals surface area contributed by atoms with E-state index in [4.69, 9.17) is 6.42 Å². The van der Waals surface area contributed by atoms with E-state index in [-0.39, 0.29) is 5.92 Å². The van der Waals surface area contributed by atoms with Crippen LogP contribution < -0.4 is 0 Å². The highest BCUT2D eigenvalue weighted by Crippen LogP contribution is 2.35. The summed E-state index contributed by atoms with van der Waals surface area (Å²) in [5, 5.41) is 0. The second-order valence-corrected chi connectivity index (χ2v) is 9.48. The lowest BCUT2D eigenvalue weighted by molar-refractivity contribution is 0.178. The van der Waals surface area contributed by atoms with Crippen molar-refractivity contribution in [3.8, 4) is 12.3 Å². The number of allylic oxidation sites excluding steroid dienone is 3. The van der Waals surface area contributed by atoms with Crippen LogP contribution in [0, 0.1) is 41.9 Å². The molecule has 0 nitrogen and oxygen atoms in total. The Balaban J connectivity index is 5.17. The molecule has 0 N–H and O–H groups in total. The van der Waals surface area contributed by atoms with Crippen molar-refractivity contribution in [3.63, 3.8) is 0 Å². The average molecular weight is 419 g/mol. The molecular weight excluding hydrogens is 367 g/mol. The van der Waals surface area contributed by atoms with E-state index in [9.17, 15) is 4.39 Å². The summed E-state index contributed by atoms with van der Waals surface area (Å²) in [6.07, 6.45) is 24.5. The van der Waals surface area contributed by atoms with Crippen LogP contribution in [0.3, 0.4) is 0 Å². The summed E-state index contributed by atoms with van der Waals surface area (Å²) in [4.78, 5) is 0. The van der Waals surface area contributed by atoms with Crippen LogP contribution >= 0.6 is 0 Å². The molecule has 0 bridgehead atoms. The van der Waals surface area contributed by atoms with Crippen molar-refractivity contribution in [3.05, 3.63) is 24.8 Å². The van der Waals surface area contributed by atoms with Gasteiger partial charge in [-0.2, -0.15) is 0 Å².